The van der Waals surface area contributed by atoms with Gasteiger partial charge in [0.25, 0.3) is 0 Å². The van der Waals surface area contributed by atoms with Gasteiger partial charge in [-0.25, -0.2) is 4.79 Å². The molecule has 2 N–H and O–H groups in total. The second-order valence-electron chi connectivity index (χ2n) is 8.95. The molecule has 38 heavy (non-hydrogen) atoms. The van der Waals surface area contributed by atoms with E-state index < -0.39 is 11.9 Å². The minimum atomic E-state index is -0.655. The highest BCUT2D eigenvalue weighted by Gasteiger charge is 2.33. The van der Waals surface area contributed by atoms with Gasteiger partial charge in [0.15, 0.2) is 0 Å². The molecule has 0 bridgehead atoms. The molecular weight excluding hydrogens is 504 g/mol. The number of unbranched alkanes of at least 4 members (excludes halogenated alkanes) is 1. The quantitative estimate of drug-likeness (QED) is 0.156. The van der Waals surface area contributed by atoms with Crippen LogP contribution in [0.3, 0.4) is 0 Å². The summed E-state index contributed by atoms with van der Waals surface area (Å²) >= 11 is 6.09. The van der Waals surface area contributed by atoms with Crippen LogP contribution in [-0.4, -0.2) is 12.6 Å². The zero-order valence-corrected chi connectivity index (χ0v) is 21.7. The van der Waals surface area contributed by atoms with Gasteiger partial charge in [0.05, 0.1) is 12.5 Å². The standard InChI is InChI=1S/C30H25ClN2O5/c1-3-4-13-35-24-8-6-5-7-20(24)27-21-11-10-19(15-26(21)38-29(33)23(27)16-32)36-30(34)28-17(2)22-14-18(31)9-12-25(22)37-28/h5-12,14-15,27H,3-4,13,33H2,1-2H3. The highest BCUT2D eigenvalue weighted by atomic mass is 35.5. The van der Waals surface area contributed by atoms with Gasteiger partial charge in [0.1, 0.15) is 34.5 Å². The predicted molar refractivity (Wildman–Crippen MR) is 144 cm³/mol. The van der Waals surface area contributed by atoms with Gasteiger partial charge in [-0.3, -0.25) is 0 Å². The molecule has 1 atom stereocenters. The van der Waals surface area contributed by atoms with Crippen molar-refractivity contribution in [2.24, 2.45) is 5.73 Å². The molecule has 1 aliphatic rings. The molecule has 1 aliphatic heterocycles. The summed E-state index contributed by atoms with van der Waals surface area (Å²) in [5.74, 6) is 0.214. The lowest BCUT2D eigenvalue weighted by molar-refractivity contribution is 0.0702. The van der Waals surface area contributed by atoms with Crippen LogP contribution in [0.1, 0.15) is 52.9 Å². The van der Waals surface area contributed by atoms with Crippen molar-refractivity contribution in [3.05, 3.63) is 99.6 Å². The van der Waals surface area contributed by atoms with Gasteiger partial charge in [-0.1, -0.05) is 49.2 Å². The molecule has 0 radical (unpaired) electrons. The Morgan fingerprint density at radius 3 is 2.74 bits per heavy atom. The van der Waals surface area contributed by atoms with Crippen LogP contribution in [0.25, 0.3) is 11.0 Å². The number of esters is 1. The SMILES string of the molecule is CCCCOc1ccccc1C1C(C#N)=C(N)Oc2cc(OC(=O)c3oc4ccc(Cl)cc4c3C)ccc21. The first-order valence-electron chi connectivity index (χ1n) is 12.2. The van der Waals surface area contributed by atoms with Gasteiger partial charge in [-0.05, 0) is 43.7 Å². The number of benzene rings is 3. The summed E-state index contributed by atoms with van der Waals surface area (Å²) < 4.78 is 23.2. The van der Waals surface area contributed by atoms with Crippen molar-refractivity contribution >= 4 is 28.5 Å². The number of carbonyl (C=O) groups excluding carboxylic acids is 1. The maximum atomic E-state index is 13.0. The Morgan fingerprint density at radius 2 is 1.95 bits per heavy atom. The van der Waals surface area contributed by atoms with Gasteiger partial charge in [0, 0.05) is 33.2 Å². The molecule has 1 unspecified atom stereocenters. The molecule has 0 saturated carbocycles. The Hall–Kier alpha value is -4.41. The topological polar surface area (TPSA) is 108 Å². The van der Waals surface area contributed by atoms with Gasteiger partial charge in [0.2, 0.25) is 11.6 Å². The molecule has 7 nitrogen and oxygen atoms in total. The average Bonchev–Trinajstić information content (AvgIpc) is 3.24. The number of nitrogens with two attached hydrogens (primary N) is 1. The van der Waals surface area contributed by atoms with Crippen LogP contribution in [0.15, 0.2) is 76.5 Å². The first kappa shape index (κ1) is 25.2. The average molecular weight is 529 g/mol. The first-order chi connectivity index (χ1) is 18.4. The first-order valence-corrected chi connectivity index (χ1v) is 12.6. The highest BCUT2D eigenvalue weighted by Crippen LogP contribution is 2.46. The maximum absolute atomic E-state index is 13.0. The number of aryl methyl sites for hydroxylation is 1. The fourth-order valence-electron chi connectivity index (χ4n) is 4.54. The number of nitrogens with zero attached hydrogens (tertiary/aromatic N) is 1. The molecule has 3 aromatic carbocycles. The van der Waals surface area contributed by atoms with E-state index in [2.05, 4.69) is 13.0 Å². The van der Waals surface area contributed by atoms with Crippen molar-refractivity contribution in [1.82, 2.24) is 0 Å². The van der Waals surface area contributed by atoms with Crippen LogP contribution < -0.4 is 19.9 Å². The normalized spacial score (nSPS) is 14.5. The van der Waals surface area contributed by atoms with Crippen molar-refractivity contribution in [1.29, 1.82) is 5.26 Å². The number of hydrogen-bond acceptors (Lipinski definition) is 7. The monoisotopic (exact) mass is 528 g/mol. The molecule has 5 rings (SSSR count). The maximum Gasteiger partial charge on any atom is 0.379 e. The van der Waals surface area contributed by atoms with E-state index in [-0.39, 0.29) is 23.0 Å². The van der Waals surface area contributed by atoms with Crippen LogP contribution in [0.2, 0.25) is 5.02 Å². The molecular formula is C30H25ClN2O5. The largest absolute Gasteiger partial charge is 0.493 e. The Labute approximate surface area is 225 Å². The molecule has 0 saturated heterocycles. The van der Waals surface area contributed by atoms with Gasteiger partial charge in [-0.2, -0.15) is 5.26 Å². The van der Waals surface area contributed by atoms with E-state index >= 15 is 0 Å². The molecule has 0 aliphatic carbocycles. The van der Waals surface area contributed by atoms with Gasteiger partial charge >= 0.3 is 5.97 Å². The molecule has 0 fully saturated rings. The number of furan rings is 1. The lowest BCUT2D eigenvalue weighted by Crippen LogP contribution is -2.21. The fourth-order valence-corrected chi connectivity index (χ4v) is 4.71. The third kappa shape index (κ3) is 4.67. The third-order valence-corrected chi connectivity index (χ3v) is 6.71. The Kier molecular flexibility index (Phi) is 6.99. The number of allylic oxidation sites excluding steroid dienone is 1. The fraction of sp³-hybridized carbons (Fsp3) is 0.200. The van der Waals surface area contributed by atoms with E-state index in [4.69, 9.17) is 36.0 Å². The molecule has 2 heterocycles. The second-order valence-corrected chi connectivity index (χ2v) is 9.39. The number of hydrogen-bond donors (Lipinski definition) is 1. The van der Waals surface area contributed by atoms with E-state index in [1.165, 1.54) is 0 Å². The highest BCUT2D eigenvalue weighted by molar-refractivity contribution is 6.31. The molecule has 192 valence electrons. The zero-order chi connectivity index (χ0) is 26.8. The molecule has 1 aromatic heterocycles. The van der Waals surface area contributed by atoms with E-state index in [1.807, 2.05) is 24.3 Å². The summed E-state index contributed by atoms with van der Waals surface area (Å²) in [4.78, 5) is 13.0. The van der Waals surface area contributed by atoms with E-state index in [0.717, 1.165) is 23.8 Å². The summed E-state index contributed by atoms with van der Waals surface area (Å²) in [5, 5.41) is 11.2. The van der Waals surface area contributed by atoms with Crippen LogP contribution in [-0.2, 0) is 0 Å². The number of rotatable bonds is 7. The predicted octanol–water partition coefficient (Wildman–Crippen LogP) is 7.01. The Balaban J connectivity index is 1.48. The summed E-state index contributed by atoms with van der Waals surface area (Å²) in [6, 6.07) is 19.9. The van der Waals surface area contributed by atoms with E-state index in [1.54, 1.807) is 43.3 Å². The summed E-state index contributed by atoms with van der Waals surface area (Å²) in [6.45, 7) is 4.43. The number of fused-ring (bicyclic) bond motifs is 2. The lowest BCUT2D eigenvalue weighted by Gasteiger charge is -2.28. The Morgan fingerprint density at radius 1 is 1.13 bits per heavy atom. The van der Waals surface area contributed by atoms with Gasteiger partial charge < -0.3 is 24.4 Å². The minimum Gasteiger partial charge on any atom is -0.493 e. The van der Waals surface area contributed by atoms with Gasteiger partial charge in [-0.15, -0.1) is 0 Å². The number of halogens is 1. The minimum absolute atomic E-state index is 0.0122. The third-order valence-electron chi connectivity index (χ3n) is 6.47. The van der Waals surface area contributed by atoms with E-state index in [9.17, 15) is 10.1 Å². The molecule has 0 amide bonds. The molecule has 8 heteroatoms. The zero-order valence-electron chi connectivity index (χ0n) is 20.9. The van der Waals surface area contributed by atoms with Crippen LogP contribution in [0.5, 0.6) is 17.2 Å². The Bertz CT molecular complexity index is 1610. The number of nitriles is 1. The van der Waals surface area contributed by atoms with Crippen molar-refractivity contribution in [2.75, 3.05) is 6.61 Å². The second kappa shape index (κ2) is 10.5. The lowest BCUT2D eigenvalue weighted by atomic mass is 9.83. The number of para-hydroxylation sites is 1. The van der Waals surface area contributed by atoms with E-state index in [0.29, 0.717) is 39.8 Å². The summed E-state index contributed by atoms with van der Waals surface area (Å²) in [7, 11) is 0. The molecule has 0 spiro atoms. The van der Waals surface area contributed by atoms with Crippen molar-refractivity contribution in [3.8, 4) is 23.3 Å². The van der Waals surface area contributed by atoms with Crippen molar-refractivity contribution in [2.45, 2.75) is 32.6 Å². The van der Waals surface area contributed by atoms with Crippen LogP contribution >= 0.6 is 11.6 Å². The summed E-state index contributed by atoms with van der Waals surface area (Å²) in [6.07, 6.45) is 1.91. The molecule has 4 aromatic rings. The van der Waals surface area contributed by atoms with Crippen molar-refractivity contribution < 1.29 is 23.4 Å². The number of carbonyl (C=O) groups is 1. The number of ether oxygens (including phenoxy) is 3. The van der Waals surface area contributed by atoms with Crippen molar-refractivity contribution in [3.63, 3.8) is 0 Å². The summed E-state index contributed by atoms with van der Waals surface area (Å²) in [5.41, 5.74) is 9.14. The van der Waals surface area contributed by atoms with Crippen LogP contribution in [0.4, 0.5) is 0 Å². The van der Waals surface area contributed by atoms with Crippen LogP contribution in [0, 0.1) is 18.3 Å². The smallest absolute Gasteiger partial charge is 0.379 e.